The molecule has 0 atom stereocenters. The van der Waals surface area contributed by atoms with Crippen molar-refractivity contribution in [2.75, 3.05) is 51.5 Å². The fourth-order valence-electron chi connectivity index (χ4n) is 15.1. The van der Waals surface area contributed by atoms with Crippen LogP contribution >= 0.6 is 71.2 Å². The number of amides is 1. The minimum atomic E-state index is -4.65. The lowest BCUT2D eigenvalue weighted by Gasteiger charge is -2.15. The molecule has 44 heteroatoms. The third-order valence-corrected chi connectivity index (χ3v) is 28.5. The molecular weight excluding hydrogens is 2150 g/mol. The standard InChI is InChI=1S/C28H25ClF4N2O3S.C20H16ClF4NO2.C19H14ClF4NO2.C18H13ClF3NO2.2C9H13NO2S.CH4.2ClH/c1-2-39(37,38)24-8-3-18(4-9-24)17-34-27(36)20-6-10-26-21(13-20)15-23(35(26)12-11-30)14-19-5-7-22(29)16-25(19)28(31,32)33;1-28-19(27)13-3-5-18-14(8-13)10-16(26(18)7-6-22)9-12-2-4-15(21)11-17(12)20(23,24)25;20-14-3-1-11(16(10-14)19(22,23)24)8-15-9-13-7-12(18(26)27)2-4-17(13)25(15)6-5-21;1-25-17(24)11-3-5-16-12(6-11)8-14(23-16)7-10-2-4-13(19)9-15(10)18(20,21)22;2*1-2-13(11,12)9-5-3-8(7-10)4-6-9;;;/h3-10,13,15-16H,2,11-12,14,17H2,1H3,(H,34,36);2-5,8,10-11H,6-7,9H2,1H3;1-4,7,9-10H,5-6,8H2,(H,26,27);2-6,8-9,23H,7H2,1H3;2*3-6H,2,7,10H2,1H3;1H4;2*1H/i17D2;;;;2*7D2;;;. The number of nitrogens with two attached hydrogens (primary N) is 2. The zero-order chi connectivity index (χ0) is 112. The number of nitrogens with one attached hydrogen (secondary N) is 2. The lowest BCUT2D eigenvalue weighted by molar-refractivity contribution is -0.139. The van der Waals surface area contributed by atoms with Gasteiger partial charge in [0.1, 0.15) is 20.0 Å². The molecule has 0 aliphatic heterocycles. The van der Waals surface area contributed by atoms with Gasteiger partial charge in [0, 0.05) is 143 Å². The molecule has 7 N–H and O–H groups in total. The van der Waals surface area contributed by atoms with E-state index >= 15 is 0 Å². The van der Waals surface area contributed by atoms with Gasteiger partial charge >= 0.3 is 42.6 Å². The number of ether oxygens (including phenoxy) is 2. The summed E-state index contributed by atoms with van der Waals surface area (Å²) in [6, 6.07) is 55.4. The van der Waals surface area contributed by atoms with Gasteiger partial charge in [-0.05, 0) is 221 Å². The predicted molar refractivity (Wildman–Crippen MR) is 549 cm³/mol. The highest BCUT2D eigenvalue weighted by Gasteiger charge is 2.38. The second kappa shape index (κ2) is 53.4. The molecule has 0 saturated carbocycles. The number of carboxylic acids is 1. The summed E-state index contributed by atoms with van der Waals surface area (Å²) in [4.78, 5) is 50.9. The largest absolute Gasteiger partial charge is 0.478 e. The number of fused-ring (bicyclic) bond motifs is 4. The molecule has 4 heterocycles. The van der Waals surface area contributed by atoms with Gasteiger partial charge < -0.3 is 50.0 Å². The van der Waals surface area contributed by atoms with Gasteiger partial charge in [0.2, 0.25) is 0 Å². The molecule has 148 heavy (non-hydrogen) atoms. The zero-order valence-corrected chi connectivity index (χ0v) is 85.0. The lowest BCUT2D eigenvalue weighted by Crippen LogP contribution is -2.22. The number of benzene rings is 11. The van der Waals surface area contributed by atoms with E-state index in [0.717, 1.165) is 35.2 Å². The van der Waals surface area contributed by atoms with E-state index in [1.165, 1.54) is 190 Å². The van der Waals surface area contributed by atoms with Crippen molar-refractivity contribution >= 4 is 168 Å². The molecule has 0 aliphatic carbocycles. The molecule has 0 fully saturated rings. The average molecular weight is 2260 g/mol. The first-order chi connectivity index (χ1) is 70.4. The summed E-state index contributed by atoms with van der Waals surface area (Å²) in [6.45, 7) is -3.94. The number of nitrogens with zero attached hydrogens (tertiary/aromatic N) is 3. The van der Waals surface area contributed by atoms with Crippen molar-refractivity contribution in [2.45, 2.75) is 132 Å². The highest BCUT2D eigenvalue weighted by atomic mass is 35.5. The minimum Gasteiger partial charge on any atom is -0.478 e. The Bertz CT molecular complexity index is 7770. The van der Waals surface area contributed by atoms with Gasteiger partial charge in [-0.2, -0.15) is 52.7 Å². The maximum absolute atomic E-state index is 13.6. The van der Waals surface area contributed by atoms with E-state index < -0.39 is 140 Å². The van der Waals surface area contributed by atoms with Crippen LogP contribution < -0.4 is 16.8 Å². The number of rotatable bonds is 28. The number of alkyl halides is 15. The molecule has 15 rings (SSSR count). The van der Waals surface area contributed by atoms with E-state index in [9.17, 15) is 110 Å². The van der Waals surface area contributed by atoms with Crippen molar-refractivity contribution in [3.05, 3.63) is 369 Å². The number of hydrogen-bond acceptors (Lipinski definition) is 14. The molecule has 4 aromatic heterocycles. The maximum atomic E-state index is 13.6. The third-order valence-electron chi connectivity index (χ3n) is 22.4. The Balaban J connectivity index is 0.000000256. The van der Waals surface area contributed by atoms with Crippen LogP contribution in [0.1, 0.15) is 162 Å². The van der Waals surface area contributed by atoms with E-state index in [-0.39, 0.29) is 180 Å². The van der Waals surface area contributed by atoms with Crippen LogP contribution in [0, 0.1) is 0 Å². The third kappa shape index (κ3) is 32.2. The fourth-order valence-corrected chi connectivity index (χ4v) is 18.5. The van der Waals surface area contributed by atoms with Crippen LogP contribution in [0.25, 0.3) is 43.6 Å². The van der Waals surface area contributed by atoms with Crippen LogP contribution in [0.3, 0.4) is 0 Å². The molecule has 794 valence electrons. The second-order valence-electron chi connectivity index (χ2n) is 31.7. The second-order valence-corrected chi connectivity index (χ2v) is 40.3. The van der Waals surface area contributed by atoms with Crippen LogP contribution in [0.4, 0.5) is 65.9 Å². The molecule has 0 saturated heterocycles. The average Bonchev–Trinajstić information content (AvgIpc) is 1.62. The Morgan fingerprint density at radius 2 is 0.669 bits per heavy atom. The number of aromatic amines is 1. The lowest BCUT2D eigenvalue weighted by atomic mass is 10.0. The summed E-state index contributed by atoms with van der Waals surface area (Å²) < 4.78 is 330. The Hall–Kier alpha value is -12.1. The van der Waals surface area contributed by atoms with Crippen LogP contribution in [0.2, 0.25) is 20.1 Å². The first-order valence-corrected chi connectivity index (χ1v) is 49.8. The molecule has 1 amide bonds. The van der Waals surface area contributed by atoms with Crippen molar-refractivity contribution in [3.63, 3.8) is 0 Å². The van der Waals surface area contributed by atoms with Gasteiger partial charge in [0.25, 0.3) is 5.91 Å². The number of carboxylic acid groups (broad SMARTS) is 1. The van der Waals surface area contributed by atoms with E-state index in [1.807, 2.05) is 0 Å². The Kier molecular flexibility index (Phi) is 40.8. The topological polar surface area (TPSA) is 304 Å². The summed E-state index contributed by atoms with van der Waals surface area (Å²) in [5.41, 5.74) is 13.0. The summed E-state index contributed by atoms with van der Waals surface area (Å²) in [5, 5.41) is 13.6. The van der Waals surface area contributed by atoms with Crippen molar-refractivity contribution in [1.82, 2.24) is 24.0 Å². The highest BCUT2D eigenvalue weighted by molar-refractivity contribution is 7.92. The van der Waals surface area contributed by atoms with Crippen LogP contribution in [0.5, 0.6) is 0 Å². The van der Waals surface area contributed by atoms with Crippen molar-refractivity contribution in [1.29, 1.82) is 0 Å². The van der Waals surface area contributed by atoms with Gasteiger partial charge in [-0.3, -0.25) is 4.79 Å². The number of sulfone groups is 3. The minimum absolute atomic E-state index is 0. The highest BCUT2D eigenvalue weighted by Crippen LogP contribution is 2.41. The van der Waals surface area contributed by atoms with Gasteiger partial charge in [0.05, 0.1) is 107 Å². The van der Waals surface area contributed by atoms with Gasteiger partial charge in [-0.15, -0.1) is 24.8 Å². The van der Waals surface area contributed by atoms with E-state index in [0.29, 0.717) is 66.6 Å². The number of aryl methyl sites for hydroxylation is 3. The molecule has 0 spiro atoms. The molecule has 20 nitrogen and oxygen atoms in total. The number of hydrogen-bond donors (Lipinski definition) is 5. The first kappa shape index (κ1) is 113. The number of carbonyl (C=O) groups is 4. The normalized spacial score (nSPS) is 12.5. The number of carbonyl (C=O) groups excluding carboxylic acids is 3. The summed E-state index contributed by atoms with van der Waals surface area (Å²) in [5.74, 6) is -2.95. The van der Waals surface area contributed by atoms with Gasteiger partial charge in [0.15, 0.2) is 29.5 Å². The molecule has 0 radical (unpaired) electrons. The SMILES string of the molecule is C.COC(=O)c1ccc2[nH]c(Cc3ccc(Cl)cc3C(F)(F)F)cc2c1.COC(=O)c1ccc2c(c1)cc(Cc1ccc(Cl)cc1C(F)(F)F)n2CCF.Cl.Cl.O=C(O)c1ccc2c(c1)cc(Cc1ccc(Cl)cc1C(F)(F)F)n2CCF.[2H]C([2H])(N)c1ccc(S(=O)(=O)CC)cc1.[2H]C([2H])(N)c1ccc(S(=O)(=O)CC)cc1.[2H]C([2H])(NC(=O)c1ccc2c(c1)cc(Cc1ccc(Cl)cc1C(F)(F)F)n2CCF)c1ccc(S(=O)(=O)CC)cc1. The molecule has 15 aromatic rings. The maximum Gasteiger partial charge on any atom is 0.416 e. The molecule has 0 aliphatic rings. The molecule has 0 unspecified atom stereocenters. The molecular formula is C104H100Cl6F15N7O13S3. The number of esters is 2. The molecule has 0 bridgehead atoms. The quantitative estimate of drug-likeness (QED) is 0.0225. The van der Waals surface area contributed by atoms with E-state index in [4.69, 9.17) is 71.2 Å². The number of halogens is 21. The Morgan fingerprint density at radius 3 is 0.966 bits per heavy atom. The summed E-state index contributed by atoms with van der Waals surface area (Å²) in [6.07, 6.45) is -18.5. The van der Waals surface area contributed by atoms with E-state index in [2.05, 4.69) is 19.8 Å². The number of aromatic nitrogens is 4. The number of methoxy groups -OCH3 is 2. The Morgan fingerprint density at radius 1 is 0.385 bits per heavy atom. The first-order valence-electron chi connectivity index (χ1n) is 46.3. The van der Waals surface area contributed by atoms with Crippen LogP contribution in [-0.4, -0.2) is 124 Å². The summed E-state index contributed by atoms with van der Waals surface area (Å²) in [7, 11) is -7.39. The van der Waals surface area contributed by atoms with Crippen molar-refractivity contribution in [3.8, 4) is 0 Å². The van der Waals surface area contributed by atoms with Crippen LogP contribution in [0.15, 0.2) is 257 Å². The van der Waals surface area contributed by atoms with Gasteiger partial charge in [-0.1, -0.05) is 135 Å². The monoisotopic (exact) mass is 2250 g/mol. The fraction of sp³-hybridized carbons (Fsp3) is 0.250. The van der Waals surface area contributed by atoms with Gasteiger partial charge in [-0.25, -0.2) is 52.8 Å². The van der Waals surface area contributed by atoms with Crippen molar-refractivity contribution in [2.24, 2.45) is 11.5 Å². The van der Waals surface area contributed by atoms with E-state index in [1.54, 1.807) is 77.6 Å². The number of H-pyrrole nitrogens is 1. The molecule has 11 aromatic carbocycles. The predicted octanol–water partition coefficient (Wildman–Crippen LogP) is 26.4. The summed E-state index contributed by atoms with van der Waals surface area (Å²) >= 11 is 22.9. The van der Waals surface area contributed by atoms with Crippen LogP contribution in [-0.2, 0) is 128 Å². The zero-order valence-electron chi connectivity index (χ0n) is 83.9. The Labute approximate surface area is 883 Å². The van der Waals surface area contributed by atoms with Crippen molar-refractivity contribution < 1.29 is 133 Å². The number of aromatic carboxylic acids is 1. The smallest absolute Gasteiger partial charge is 0.416 e.